The van der Waals surface area contributed by atoms with Crippen LogP contribution in [-0.2, 0) is 4.79 Å². The van der Waals surface area contributed by atoms with E-state index in [1.165, 1.54) is 0 Å². The van der Waals surface area contributed by atoms with Crippen molar-refractivity contribution in [1.29, 1.82) is 0 Å². The minimum absolute atomic E-state index is 0.0375. The molecule has 3 N–H and O–H groups in total. The fourth-order valence-electron chi connectivity index (χ4n) is 2.46. The van der Waals surface area contributed by atoms with Crippen LogP contribution in [0, 0.1) is 5.41 Å². The molecule has 1 aliphatic rings. The molecule has 5 nitrogen and oxygen atoms in total. The average molecular weight is 292 g/mol. The molecule has 0 aromatic heterocycles. The number of rotatable bonds is 5. The molecule has 1 aromatic carbocycles. The van der Waals surface area contributed by atoms with Crippen LogP contribution in [0.5, 0.6) is 11.5 Å². The monoisotopic (exact) mass is 292 g/mol. The highest BCUT2D eigenvalue weighted by Crippen LogP contribution is 2.33. The Morgan fingerprint density at radius 2 is 1.90 bits per heavy atom. The summed E-state index contributed by atoms with van der Waals surface area (Å²) in [6, 6.07) is 5.47. The quantitative estimate of drug-likeness (QED) is 0.874. The number of hydrogen-bond donors (Lipinski definition) is 2. The number of benzene rings is 1. The molecule has 21 heavy (non-hydrogen) atoms. The second-order valence-electron chi connectivity index (χ2n) is 5.36. The molecular weight excluding hydrogens is 268 g/mol. The van der Waals surface area contributed by atoms with Gasteiger partial charge in [0.1, 0.15) is 0 Å². The summed E-state index contributed by atoms with van der Waals surface area (Å²) in [5.41, 5.74) is 6.01. The topological polar surface area (TPSA) is 73.6 Å². The minimum atomic E-state index is -0.510. The molecule has 0 unspecified atom stereocenters. The summed E-state index contributed by atoms with van der Waals surface area (Å²) in [6.45, 7) is 5.60. The molecule has 116 valence electrons. The van der Waals surface area contributed by atoms with Crippen molar-refractivity contribution < 1.29 is 14.3 Å². The summed E-state index contributed by atoms with van der Waals surface area (Å²) in [5.74, 6) is 1.36. The van der Waals surface area contributed by atoms with E-state index in [1.807, 2.05) is 32.0 Å². The van der Waals surface area contributed by atoms with Crippen LogP contribution in [0.1, 0.15) is 33.1 Å². The van der Waals surface area contributed by atoms with Crippen LogP contribution < -0.4 is 20.5 Å². The van der Waals surface area contributed by atoms with Gasteiger partial charge in [-0.1, -0.05) is 13.8 Å². The third-order valence-electron chi connectivity index (χ3n) is 4.23. The lowest BCUT2D eigenvalue weighted by Gasteiger charge is -2.28. The number of carbonyl (C=O) groups is 1. The van der Waals surface area contributed by atoms with E-state index in [0.717, 1.165) is 25.0 Å². The number of ether oxygens (including phenoxy) is 2. The standard InChI is InChI=1S/C16H24N2O3/c1-3-16(4-2,11-17)15(19)18-12-6-7-13-14(10-12)21-9-5-8-20-13/h6-7,10H,3-5,8-9,11,17H2,1-2H3,(H,18,19). The third-order valence-corrected chi connectivity index (χ3v) is 4.23. The molecule has 0 radical (unpaired) electrons. The summed E-state index contributed by atoms with van der Waals surface area (Å²) in [4.78, 5) is 12.5. The van der Waals surface area contributed by atoms with Crippen LogP contribution >= 0.6 is 0 Å². The molecule has 1 heterocycles. The molecular formula is C16H24N2O3. The highest BCUT2D eigenvalue weighted by Gasteiger charge is 2.33. The van der Waals surface area contributed by atoms with E-state index in [1.54, 1.807) is 0 Å². The van der Waals surface area contributed by atoms with Gasteiger partial charge >= 0.3 is 0 Å². The first-order valence-electron chi connectivity index (χ1n) is 7.56. The van der Waals surface area contributed by atoms with Crippen molar-refractivity contribution in [2.45, 2.75) is 33.1 Å². The van der Waals surface area contributed by atoms with Gasteiger partial charge in [0.2, 0.25) is 5.91 Å². The largest absolute Gasteiger partial charge is 0.490 e. The van der Waals surface area contributed by atoms with Gasteiger partial charge in [0.15, 0.2) is 11.5 Å². The average Bonchev–Trinajstić information content (AvgIpc) is 2.74. The molecule has 0 bridgehead atoms. The zero-order valence-corrected chi connectivity index (χ0v) is 12.8. The Bertz CT molecular complexity index is 490. The first kappa shape index (κ1) is 15.6. The normalized spacial score (nSPS) is 14.4. The van der Waals surface area contributed by atoms with E-state index >= 15 is 0 Å². The van der Waals surface area contributed by atoms with E-state index in [4.69, 9.17) is 15.2 Å². The Labute approximate surface area is 125 Å². The van der Waals surface area contributed by atoms with Crippen LogP contribution in [0.15, 0.2) is 18.2 Å². The van der Waals surface area contributed by atoms with Gasteiger partial charge in [-0.15, -0.1) is 0 Å². The number of nitrogens with two attached hydrogens (primary N) is 1. The summed E-state index contributed by atoms with van der Waals surface area (Å²) >= 11 is 0. The van der Waals surface area contributed by atoms with Crippen LogP contribution in [0.2, 0.25) is 0 Å². The summed E-state index contributed by atoms with van der Waals surface area (Å²) in [5, 5.41) is 2.95. The molecule has 0 spiro atoms. The summed E-state index contributed by atoms with van der Waals surface area (Å²) < 4.78 is 11.2. The van der Waals surface area contributed by atoms with Crippen molar-refractivity contribution in [3.05, 3.63) is 18.2 Å². The highest BCUT2D eigenvalue weighted by atomic mass is 16.5. The summed E-state index contributed by atoms with van der Waals surface area (Å²) in [6.07, 6.45) is 2.30. The highest BCUT2D eigenvalue weighted by molar-refractivity contribution is 5.95. The van der Waals surface area contributed by atoms with Crippen molar-refractivity contribution in [1.82, 2.24) is 0 Å². The van der Waals surface area contributed by atoms with Gasteiger partial charge in [0.25, 0.3) is 0 Å². The number of hydrogen-bond acceptors (Lipinski definition) is 4. The van der Waals surface area contributed by atoms with Gasteiger partial charge in [-0.3, -0.25) is 4.79 Å². The van der Waals surface area contributed by atoms with Crippen LogP contribution in [0.25, 0.3) is 0 Å². The van der Waals surface area contributed by atoms with Crippen molar-refractivity contribution in [3.8, 4) is 11.5 Å². The second kappa shape index (κ2) is 6.80. The maximum absolute atomic E-state index is 12.5. The second-order valence-corrected chi connectivity index (χ2v) is 5.36. The molecule has 0 saturated heterocycles. The van der Waals surface area contributed by atoms with Gasteiger partial charge in [-0.25, -0.2) is 0 Å². The Hall–Kier alpha value is -1.75. The molecule has 1 aliphatic heterocycles. The predicted octanol–water partition coefficient (Wildman–Crippen LogP) is 2.55. The predicted molar refractivity (Wildman–Crippen MR) is 82.7 cm³/mol. The molecule has 0 fully saturated rings. The fraction of sp³-hybridized carbons (Fsp3) is 0.562. The molecule has 0 aliphatic carbocycles. The lowest BCUT2D eigenvalue weighted by Crippen LogP contribution is -2.41. The minimum Gasteiger partial charge on any atom is -0.490 e. The Morgan fingerprint density at radius 3 is 2.52 bits per heavy atom. The van der Waals surface area contributed by atoms with Crippen molar-refractivity contribution >= 4 is 11.6 Å². The molecule has 2 rings (SSSR count). The lowest BCUT2D eigenvalue weighted by atomic mass is 9.81. The number of fused-ring (bicyclic) bond motifs is 1. The number of carbonyl (C=O) groups excluding carboxylic acids is 1. The summed E-state index contributed by atoms with van der Waals surface area (Å²) in [7, 11) is 0. The van der Waals surface area contributed by atoms with E-state index in [9.17, 15) is 4.79 Å². The van der Waals surface area contributed by atoms with E-state index in [0.29, 0.717) is 31.2 Å². The van der Waals surface area contributed by atoms with Crippen LogP contribution in [0.4, 0.5) is 5.69 Å². The van der Waals surface area contributed by atoms with Gasteiger partial charge in [0.05, 0.1) is 18.6 Å². The van der Waals surface area contributed by atoms with Crippen LogP contribution in [0.3, 0.4) is 0 Å². The smallest absolute Gasteiger partial charge is 0.231 e. The first-order chi connectivity index (χ1) is 10.1. The van der Waals surface area contributed by atoms with Crippen molar-refractivity contribution in [2.75, 3.05) is 25.1 Å². The van der Waals surface area contributed by atoms with Gasteiger partial charge < -0.3 is 20.5 Å². The Balaban J connectivity index is 2.16. The van der Waals surface area contributed by atoms with E-state index < -0.39 is 5.41 Å². The number of nitrogens with one attached hydrogen (secondary N) is 1. The van der Waals surface area contributed by atoms with E-state index in [2.05, 4.69) is 5.32 Å². The van der Waals surface area contributed by atoms with Gasteiger partial charge in [-0.05, 0) is 25.0 Å². The van der Waals surface area contributed by atoms with Crippen molar-refractivity contribution in [3.63, 3.8) is 0 Å². The zero-order valence-electron chi connectivity index (χ0n) is 12.8. The molecule has 1 aromatic rings. The molecule has 1 amide bonds. The maximum atomic E-state index is 12.5. The molecule has 5 heteroatoms. The lowest BCUT2D eigenvalue weighted by molar-refractivity contribution is -0.125. The Morgan fingerprint density at radius 1 is 1.24 bits per heavy atom. The van der Waals surface area contributed by atoms with Gasteiger partial charge in [-0.2, -0.15) is 0 Å². The van der Waals surface area contributed by atoms with Gasteiger partial charge in [0, 0.05) is 24.7 Å². The fourth-order valence-corrected chi connectivity index (χ4v) is 2.46. The number of anilines is 1. The zero-order chi connectivity index (χ0) is 15.3. The first-order valence-corrected chi connectivity index (χ1v) is 7.56. The van der Waals surface area contributed by atoms with Crippen molar-refractivity contribution in [2.24, 2.45) is 11.1 Å². The molecule has 0 atom stereocenters. The number of amides is 1. The third kappa shape index (κ3) is 3.29. The van der Waals surface area contributed by atoms with E-state index in [-0.39, 0.29) is 5.91 Å². The SMILES string of the molecule is CCC(CC)(CN)C(=O)Nc1ccc2c(c1)OCCCO2. The maximum Gasteiger partial charge on any atom is 0.231 e. The Kier molecular flexibility index (Phi) is 5.07. The van der Waals surface area contributed by atoms with Crippen LogP contribution in [-0.4, -0.2) is 25.7 Å². The molecule has 0 saturated carbocycles.